The molecule has 0 aliphatic rings. The second-order valence-corrected chi connectivity index (χ2v) is 5.93. The van der Waals surface area contributed by atoms with E-state index in [2.05, 4.69) is 40.7 Å². The molecule has 0 fully saturated rings. The maximum Gasteiger partial charge on any atom is 0.191 e. The van der Waals surface area contributed by atoms with Crippen LogP contribution in [0, 0.1) is 0 Å². The Bertz CT molecular complexity index is 653. The van der Waals surface area contributed by atoms with Gasteiger partial charge in [0.2, 0.25) is 0 Å². The van der Waals surface area contributed by atoms with Crippen LogP contribution in [-0.4, -0.2) is 52.2 Å². The molecule has 0 amide bonds. The predicted molar refractivity (Wildman–Crippen MR) is 101 cm³/mol. The van der Waals surface area contributed by atoms with Gasteiger partial charge in [0, 0.05) is 32.1 Å². The SMILES string of the molecule is CN=C(NCCc1ccco1)NCC(c1ccccc1OC)N(C)C. The van der Waals surface area contributed by atoms with Crippen molar-refractivity contribution in [1.29, 1.82) is 0 Å². The third kappa shape index (κ3) is 5.53. The van der Waals surface area contributed by atoms with Crippen LogP contribution in [0.4, 0.5) is 0 Å². The number of hydrogen-bond acceptors (Lipinski definition) is 4. The first kappa shape index (κ1) is 18.9. The highest BCUT2D eigenvalue weighted by Gasteiger charge is 2.18. The van der Waals surface area contributed by atoms with Gasteiger partial charge in [-0.2, -0.15) is 0 Å². The Kier molecular flexibility index (Phi) is 7.35. The van der Waals surface area contributed by atoms with Crippen LogP contribution in [0.25, 0.3) is 0 Å². The number of benzene rings is 1. The van der Waals surface area contributed by atoms with E-state index in [0.29, 0.717) is 6.54 Å². The summed E-state index contributed by atoms with van der Waals surface area (Å²) < 4.78 is 10.8. The third-order valence-corrected chi connectivity index (χ3v) is 4.05. The summed E-state index contributed by atoms with van der Waals surface area (Å²) in [5, 5.41) is 6.70. The van der Waals surface area contributed by atoms with Gasteiger partial charge in [-0.1, -0.05) is 18.2 Å². The topological polar surface area (TPSA) is 62.0 Å². The first-order chi connectivity index (χ1) is 12.2. The monoisotopic (exact) mass is 344 g/mol. The van der Waals surface area contributed by atoms with Crippen LogP contribution < -0.4 is 15.4 Å². The minimum Gasteiger partial charge on any atom is -0.496 e. The van der Waals surface area contributed by atoms with E-state index in [9.17, 15) is 0 Å². The van der Waals surface area contributed by atoms with E-state index in [1.54, 1.807) is 20.4 Å². The first-order valence-electron chi connectivity index (χ1n) is 8.42. The van der Waals surface area contributed by atoms with Crippen molar-refractivity contribution in [2.45, 2.75) is 12.5 Å². The molecule has 1 heterocycles. The highest BCUT2D eigenvalue weighted by Crippen LogP contribution is 2.27. The van der Waals surface area contributed by atoms with E-state index in [-0.39, 0.29) is 6.04 Å². The standard InChI is InChI=1S/C19H28N4O2/c1-20-19(21-12-11-15-8-7-13-25-15)22-14-17(23(2)3)16-9-5-6-10-18(16)24-4/h5-10,13,17H,11-12,14H2,1-4H3,(H2,20,21,22). The normalized spacial score (nSPS) is 12.9. The predicted octanol–water partition coefficient (Wildman–Crippen LogP) is 2.30. The van der Waals surface area contributed by atoms with Gasteiger partial charge in [0.1, 0.15) is 11.5 Å². The summed E-state index contributed by atoms with van der Waals surface area (Å²) in [6.45, 7) is 1.47. The number of furan rings is 1. The van der Waals surface area contributed by atoms with Crippen molar-refractivity contribution in [3.8, 4) is 5.75 Å². The molecule has 0 spiro atoms. The van der Waals surface area contributed by atoms with Crippen LogP contribution in [-0.2, 0) is 6.42 Å². The van der Waals surface area contributed by atoms with Crippen molar-refractivity contribution in [3.05, 3.63) is 54.0 Å². The minimum atomic E-state index is 0.166. The summed E-state index contributed by atoms with van der Waals surface area (Å²) in [7, 11) is 7.60. The molecule has 0 saturated carbocycles. The lowest BCUT2D eigenvalue weighted by molar-refractivity contribution is 0.287. The van der Waals surface area contributed by atoms with Gasteiger partial charge in [-0.3, -0.25) is 4.99 Å². The van der Waals surface area contributed by atoms with Gasteiger partial charge in [0.25, 0.3) is 0 Å². The summed E-state index contributed by atoms with van der Waals surface area (Å²) in [6.07, 6.45) is 2.51. The second kappa shape index (κ2) is 9.74. The zero-order chi connectivity index (χ0) is 18.1. The molecule has 2 rings (SSSR count). The minimum absolute atomic E-state index is 0.166. The molecule has 6 nitrogen and oxygen atoms in total. The Hall–Kier alpha value is -2.47. The van der Waals surface area contributed by atoms with Crippen molar-refractivity contribution in [2.24, 2.45) is 4.99 Å². The van der Waals surface area contributed by atoms with E-state index in [1.807, 2.05) is 30.3 Å². The molecule has 0 saturated heterocycles. The lowest BCUT2D eigenvalue weighted by Gasteiger charge is -2.27. The molecule has 1 unspecified atom stereocenters. The van der Waals surface area contributed by atoms with E-state index in [1.165, 1.54) is 0 Å². The van der Waals surface area contributed by atoms with Crippen molar-refractivity contribution in [2.75, 3.05) is 41.3 Å². The molecule has 1 aromatic carbocycles. The number of nitrogens with one attached hydrogen (secondary N) is 2. The van der Waals surface area contributed by atoms with Crippen molar-refractivity contribution in [3.63, 3.8) is 0 Å². The first-order valence-corrected chi connectivity index (χ1v) is 8.42. The highest BCUT2D eigenvalue weighted by atomic mass is 16.5. The largest absolute Gasteiger partial charge is 0.496 e. The van der Waals surface area contributed by atoms with Crippen LogP contribution in [0.15, 0.2) is 52.1 Å². The lowest BCUT2D eigenvalue weighted by atomic mass is 10.0. The summed E-state index contributed by atoms with van der Waals surface area (Å²) >= 11 is 0. The average molecular weight is 344 g/mol. The Labute approximate surface area is 149 Å². The number of aliphatic imine (C=N–C) groups is 1. The summed E-state index contributed by atoms with van der Waals surface area (Å²) in [5.41, 5.74) is 1.15. The van der Waals surface area contributed by atoms with Gasteiger partial charge in [-0.05, 0) is 32.3 Å². The van der Waals surface area contributed by atoms with Crippen molar-refractivity contribution >= 4 is 5.96 Å². The van der Waals surface area contributed by atoms with E-state index in [0.717, 1.165) is 36.0 Å². The zero-order valence-electron chi connectivity index (χ0n) is 15.5. The molecule has 0 aliphatic carbocycles. The number of rotatable bonds is 8. The summed E-state index contributed by atoms with van der Waals surface area (Å²) in [6, 6.07) is 12.1. The molecular weight excluding hydrogens is 316 g/mol. The van der Waals surface area contributed by atoms with Gasteiger partial charge in [-0.25, -0.2) is 0 Å². The molecule has 0 radical (unpaired) electrons. The quantitative estimate of drug-likeness (QED) is 0.568. The Morgan fingerprint density at radius 3 is 2.64 bits per heavy atom. The van der Waals surface area contributed by atoms with Gasteiger partial charge >= 0.3 is 0 Å². The van der Waals surface area contributed by atoms with Crippen LogP contribution in [0.3, 0.4) is 0 Å². The fraction of sp³-hybridized carbons (Fsp3) is 0.421. The summed E-state index contributed by atoms with van der Waals surface area (Å²) in [4.78, 5) is 6.46. The van der Waals surface area contributed by atoms with Gasteiger partial charge in [0.05, 0.1) is 19.4 Å². The number of guanidine groups is 1. The Balaban J connectivity index is 1.92. The van der Waals surface area contributed by atoms with E-state index in [4.69, 9.17) is 9.15 Å². The third-order valence-electron chi connectivity index (χ3n) is 4.05. The van der Waals surface area contributed by atoms with E-state index >= 15 is 0 Å². The number of likely N-dealkylation sites (N-methyl/N-ethyl adjacent to an activating group) is 1. The number of para-hydroxylation sites is 1. The van der Waals surface area contributed by atoms with Crippen LogP contribution in [0.2, 0.25) is 0 Å². The molecule has 0 bridgehead atoms. The molecule has 1 atom stereocenters. The van der Waals surface area contributed by atoms with Crippen molar-refractivity contribution in [1.82, 2.24) is 15.5 Å². The molecule has 1 aromatic heterocycles. The maximum absolute atomic E-state index is 5.51. The van der Waals surface area contributed by atoms with Crippen LogP contribution in [0.1, 0.15) is 17.4 Å². The number of methoxy groups -OCH3 is 1. The maximum atomic E-state index is 5.51. The molecular formula is C19H28N4O2. The van der Waals surface area contributed by atoms with Gasteiger partial charge in [0.15, 0.2) is 5.96 Å². The zero-order valence-corrected chi connectivity index (χ0v) is 15.5. The number of nitrogens with zero attached hydrogens (tertiary/aromatic N) is 2. The fourth-order valence-electron chi connectivity index (χ4n) is 2.69. The Morgan fingerprint density at radius 1 is 1.20 bits per heavy atom. The molecule has 0 aliphatic heterocycles. The van der Waals surface area contributed by atoms with Gasteiger partial charge in [-0.15, -0.1) is 0 Å². The van der Waals surface area contributed by atoms with Crippen LogP contribution in [0.5, 0.6) is 5.75 Å². The average Bonchev–Trinajstić information content (AvgIpc) is 3.14. The molecule has 25 heavy (non-hydrogen) atoms. The van der Waals surface area contributed by atoms with Gasteiger partial charge < -0.3 is 24.7 Å². The second-order valence-electron chi connectivity index (χ2n) is 5.93. The van der Waals surface area contributed by atoms with E-state index < -0.39 is 0 Å². The smallest absolute Gasteiger partial charge is 0.191 e. The number of ether oxygens (including phenoxy) is 1. The Morgan fingerprint density at radius 2 is 2.00 bits per heavy atom. The van der Waals surface area contributed by atoms with Crippen molar-refractivity contribution < 1.29 is 9.15 Å². The molecule has 2 N–H and O–H groups in total. The highest BCUT2D eigenvalue weighted by molar-refractivity contribution is 5.79. The van der Waals surface area contributed by atoms with Crippen LogP contribution >= 0.6 is 0 Å². The lowest BCUT2D eigenvalue weighted by Crippen LogP contribution is -2.42. The fourth-order valence-corrected chi connectivity index (χ4v) is 2.69. The number of hydrogen-bond donors (Lipinski definition) is 2. The molecule has 2 aromatic rings. The summed E-state index contributed by atoms with van der Waals surface area (Å²) in [5.74, 6) is 2.63. The molecule has 136 valence electrons. The molecule has 6 heteroatoms.